The molecule has 0 fully saturated rings. The largest absolute Gasteiger partial charge is 0.483 e. The lowest BCUT2D eigenvalue weighted by molar-refractivity contribution is -0.385. The van der Waals surface area contributed by atoms with E-state index in [0.29, 0.717) is 6.07 Å². The Bertz CT molecular complexity index is 531. The molecule has 0 unspecified atom stereocenters. The number of esters is 1. The van der Waals surface area contributed by atoms with Gasteiger partial charge < -0.3 is 9.47 Å². The third-order valence-corrected chi connectivity index (χ3v) is 2.16. The lowest BCUT2D eigenvalue weighted by Gasteiger charge is -2.06. The Morgan fingerprint density at radius 3 is 2.65 bits per heavy atom. The Morgan fingerprint density at radius 2 is 2.10 bits per heavy atom. The molecule has 0 radical (unpaired) electrons. The SMILES string of the molecule is CCOC(=O)CC(=O)COc1ccc([N+](=O)[O-])cc1F. The minimum atomic E-state index is -0.955. The molecule has 0 aliphatic carbocycles. The zero-order valence-electron chi connectivity index (χ0n) is 10.6. The molecule has 8 heteroatoms. The number of halogens is 1. The zero-order valence-corrected chi connectivity index (χ0v) is 10.6. The summed E-state index contributed by atoms with van der Waals surface area (Å²) in [5.41, 5.74) is -0.423. The van der Waals surface area contributed by atoms with E-state index in [1.165, 1.54) is 0 Å². The second-order valence-electron chi connectivity index (χ2n) is 3.68. The summed E-state index contributed by atoms with van der Waals surface area (Å²) < 4.78 is 22.8. The van der Waals surface area contributed by atoms with Crippen LogP contribution in [0.25, 0.3) is 0 Å². The van der Waals surface area contributed by atoms with Crippen molar-refractivity contribution in [2.24, 2.45) is 0 Å². The molecule has 0 saturated carbocycles. The van der Waals surface area contributed by atoms with Crippen molar-refractivity contribution < 1.29 is 28.4 Å². The number of ketones is 1. The molecule has 0 amide bonds. The maximum Gasteiger partial charge on any atom is 0.313 e. The number of nitro benzene ring substituents is 1. The van der Waals surface area contributed by atoms with Gasteiger partial charge in [-0.05, 0) is 13.0 Å². The fourth-order valence-electron chi connectivity index (χ4n) is 1.30. The number of carbonyl (C=O) groups is 2. The highest BCUT2D eigenvalue weighted by Gasteiger charge is 2.14. The molecule has 0 bridgehead atoms. The van der Waals surface area contributed by atoms with Crippen LogP contribution in [0.4, 0.5) is 10.1 Å². The van der Waals surface area contributed by atoms with Crippen LogP contribution in [0.15, 0.2) is 18.2 Å². The molecule has 0 saturated heterocycles. The van der Waals surface area contributed by atoms with Crippen molar-refractivity contribution in [3.63, 3.8) is 0 Å². The van der Waals surface area contributed by atoms with Crippen LogP contribution >= 0.6 is 0 Å². The first kappa shape index (κ1) is 15.5. The first-order valence-corrected chi connectivity index (χ1v) is 5.68. The predicted molar refractivity (Wildman–Crippen MR) is 64.8 cm³/mol. The van der Waals surface area contributed by atoms with E-state index in [-0.39, 0.29) is 12.4 Å². The van der Waals surface area contributed by atoms with E-state index in [4.69, 9.17) is 4.74 Å². The molecule has 1 aromatic carbocycles. The summed E-state index contributed by atoms with van der Waals surface area (Å²) in [6, 6.07) is 2.78. The van der Waals surface area contributed by atoms with E-state index in [1.54, 1.807) is 6.92 Å². The van der Waals surface area contributed by atoms with Crippen molar-refractivity contribution in [3.05, 3.63) is 34.1 Å². The average molecular weight is 285 g/mol. The minimum Gasteiger partial charge on any atom is -0.483 e. The van der Waals surface area contributed by atoms with Gasteiger partial charge in [0.25, 0.3) is 5.69 Å². The van der Waals surface area contributed by atoms with Gasteiger partial charge in [-0.3, -0.25) is 19.7 Å². The molecular formula is C12H12FNO6. The van der Waals surface area contributed by atoms with Crippen LogP contribution in [0.5, 0.6) is 5.75 Å². The van der Waals surface area contributed by atoms with Crippen molar-refractivity contribution >= 4 is 17.4 Å². The van der Waals surface area contributed by atoms with Crippen LogP contribution in [0.1, 0.15) is 13.3 Å². The monoisotopic (exact) mass is 285 g/mol. The van der Waals surface area contributed by atoms with Gasteiger partial charge in [-0.1, -0.05) is 0 Å². The Balaban J connectivity index is 2.55. The quantitative estimate of drug-likeness (QED) is 0.327. The smallest absolute Gasteiger partial charge is 0.313 e. The number of non-ortho nitro benzene ring substituents is 1. The van der Waals surface area contributed by atoms with E-state index >= 15 is 0 Å². The van der Waals surface area contributed by atoms with Gasteiger partial charge in [0, 0.05) is 6.07 Å². The molecule has 0 aliphatic rings. The summed E-state index contributed by atoms with van der Waals surface area (Å²) in [6.07, 6.45) is -0.470. The highest BCUT2D eigenvalue weighted by Crippen LogP contribution is 2.22. The lowest BCUT2D eigenvalue weighted by Crippen LogP contribution is -2.17. The average Bonchev–Trinajstić information content (AvgIpc) is 2.37. The summed E-state index contributed by atoms with van der Waals surface area (Å²) >= 11 is 0. The summed E-state index contributed by atoms with van der Waals surface area (Å²) in [4.78, 5) is 32.0. The van der Waals surface area contributed by atoms with Gasteiger partial charge in [0.2, 0.25) is 0 Å². The van der Waals surface area contributed by atoms with Gasteiger partial charge in [0.05, 0.1) is 17.6 Å². The van der Waals surface area contributed by atoms with Crippen molar-refractivity contribution in [2.45, 2.75) is 13.3 Å². The van der Waals surface area contributed by atoms with Crippen LogP contribution in [0.3, 0.4) is 0 Å². The molecule has 0 atom stereocenters. The van der Waals surface area contributed by atoms with E-state index in [0.717, 1.165) is 12.1 Å². The number of hydrogen-bond acceptors (Lipinski definition) is 6. The molecule has 0 aliphatic heterocycles. The van der Waals surface area contributed by atoms with Gasteiger partial charge in [-0.2, -0.15) is 0 Å². The van der Waals surface area contributed by atoms with Gasteiger partial charge in [-0.25, -0.2) is 4.39 Å². The fourth-order valence-corrected chi connectivity index (χ4v) is 1.30. The number of nitro groups is 1. The van der Waals surface area contributed by atoms with E-state index in [1.807, 2.05) is 0 Å². The highest BCUT2D eigenvalue weighted by atomic mass is 19.1. The van der Waals surface area contributed by atoms with Crippen molar-refractivity contribution in [2.75, 3.05) is 13.2 Å². The normalized spacial score (nSPS) is 9.90. The number of hydrogen-bond donors (Lipinski definition) is 0. The lowest BCUT2D eigenvalue weighted by atomic mass is 10.3. The maximum atomic E-state index is 13.4. The topological polar surface area (TPSA) is 95.7 Å². The standard InChI is InChI=1S/C12H12FNO6/c1-2-19-12(16)6-9(15)7-20-11-4-3-8(14(17)18)5-10(11)13/h3-5H,2,6-7H2,1H3. The van der Waals surface area contributed by atoms with Crippen LogP contribution in [0.2, 0.25) is 0 Å². The number of rotatable bonds is 7. The zero-order chi connectivity index (χ0) is 15.1. The highest BCUT2D eigenvalue weighted by molar-refractivity contribution is 5.96. The van der Waals surface area contributed by atoms with E-state index in [9.17, 15) is 24.1 Å². The summed E-state index contributed by atoms with van der Waals surface area (Å²) in [5.74, 6) is -2.53. The number of ether oxygens (including phenoxy) is 2. The molecule has 20 heavy (non-hydrogen) atoms. The van der Waals surface area contributed by atoms with Crippen LogP contribution in [-0.4, -0.2) is 29.9 Å². The Kier molecular flexibility index (Phi) is 5.57. The van der Waals surface area contributed by atoms with Crippen molar-refractivity contribution in [1.29, 1.82) is 0 Å². The summed E-state index contributed by atoms with van der Waals surface area (Å²) in [7, 11) is 0. The van der Waals surface area contributed by atoms with Gasteiger partial charge >= 0.3 is 5.97 Å². The van der Waals surface area contributed by atoms with Crippen LogP contribution in [0, 0.1) is 15.9 Å². The molecule has 1 aromatic rings. The maximum absolute atomic E-state index is 13.4. The van der Waals surface area contributed by atoms with E-state index in [2.05, 4.69) is 4.74 Å². The molecule has 1 rings (SSSR count). The first-order chi connectivity index (χ1) is 9.43. The fraction of sp³-hybridized carbons (Fsp3) is 0.333. The number of carbonyl (C=O) groups excluding carboxylic acids is 2. The van der Waals surface area contributed by atoms with E-state index < -0.39 is 41.2 Å². The second kappa shape index (κ2) is 7.17. The third-order valence-electron chi connectivity index (χ3n) is 2.16. The van der Waals surface area contributed by atoms with Gasteiger partial charge in [0.1, 0.15) is 13.0 Å². The van der Waals surface area contributed by atoms with Crippen molar-refractivity contribution in [1.82, 2.24) is 0 Å². The third kappa shape index (κ3) is 4.63. The molecule has 0 spiro atoms. The molecule has 108 valence electrons. The molecule has 0 N–H and O–H groups in total. The van der Waals surface area contributed by atoms with Gasteiger partial charge in [-0.15, -0.1) is 0 Å². The Morgan fingerprint density at radius 1 is 1.40 bits per heavy atom. The molecule has 0 aromatic heterocycles. The summed E-state index contributed by atoms with van der Waals surface area (Å²) in [5, 5.41) is 10.4. The summed E-state index contributed by atoms with van der Waals surface area (Å²) in [6.45, 7) is 1.24. The predicted octanol–water partition coefficient (Wildman–Crippen LogP) is 1.64. The minimum absolute atomic E-state index is 0.157. The number of Topliss-reactive ketones (excluding diaryl/α,β-unsaturated/α-hetero) is 1. The molecular weight excluding hydrogens is 273 g/mol. The van der Waals surface area contributed by atoms with Crippen LogP contribution < -0.4 is 4.74 Å². The molecule has 7 nitrogen and oxygen atoms in total. The van der Waals surface area contributed by atoms with Gasteiger partial charge in [0.15, 0.2) is 17.3 Å². The van der Waals surface area contributed by atoms with Crippen LogP contribution in [-0.2, 0) is 14.3 Å². The molecule has 0 heterocycles. The van der Waals surface area contributed by atoms with Crippen molar-refractivity contribution in [3.8, 4) is 5.75 Å². The Hall–Kier alpha value is -2.51. The second-order valence-corrected chi connectivity index (χ2v) is 3.68. The first-order valence-electron chi connectivity index (χ1n) is 5.68. The Labute approximate surface area is 113 Å². The number of benzene rings is 1. The number of nitrogens with zero attached hydrogens (tertiary/aromatic N) is 1.